The van der Waals surface area contributed by atoms with Crippen molar-refractivity contribution in [1.82, 2.24) is 5.32 Å². The highest BCUT2D eigenvalue weighted by Gasteiger charge is 2.13. The number of rotatable bonds is 6. The van der Waals surface area contributed by atoms with Gasteiger partial charge in [0.05, 0.1) is 0 Å². The van der Waals surface area contributed by atoms with Crippen molar-refractivity contribution in [3.05, 3.63) is 81.7 Å². The summed E-state index contributed by atoms with van der Waals surface area (Å²) in [6, 6.07) is 14.0. The molecule has 2 aromatic carbocycles. The second-order valence-electron chi connectivity index (χ2n) is 7.08. The van der Waals surface area contributed by atoms with E-state index in [1.807, 2.05) is 24.3 Å². The predicted molar refractivity (Wildman–Crippen MR) is 116 cm³/mol. The van der Waals surface area contributed by atoms with Crippen LogP contribution in [0.1, 0.15) is 48.2 Å². The van der Waals surface area contributed by atoms with Crippen molar-refractivity contribution >= 4 is 28.9 Å². The van der Waals surface area contributed by atoms with E-state index in [0.29, 0.717) is 17.8 Å². The smallest absolute Gasteiger partial charge is 0.349 e. The molecule has 0 radical (unpaired) electrons. The summed E-state index contributed by atoms with van der Waals surface area (Å²) in [5.41, 5.74) is 1.52. The third kappa shape index (κ3) is 5.03. The molecule has 1 heterocycles. The summed E-state index contributed by atoms with van der Waals surface area (Å²) in [6.07, 6.45) is 3.01. The van der Waals surface area contributed by atoms with Gasteiger partial charge >= 0.3 is 11.6 Å². The van der Waals surface area contributed by atoms with Crippen LogP contribution >= 0.6 is 0 Å². The average molecular weight is 405 g/mol. The van der Waals surface area contributed by atoms with Crippen molar-refractivity contribution in [3.8, 4) is 5.75 Å². The topological polar surface area (TPSA) is 85.6 Å². The van der Waals surface area contributed by atoms with Crippen LogP contribution in [0, 0.1) is 0 Å². The van der Waals surface area contributed by atoms with Gasteiger partial charge in [-0.3, -0.25) is 4.79 Å². The van der Waals surface area contributed by atoms with Crippen LogP contribution in [0.15, 0.2) is 63.8 Å². The molecule has 1 amide bonds. The SMILES string of the molecule is CCNC(=O)c1cc2ccc(OC(=O)/C=C/c3ccc(C(C)C)cc3)cc2oc1=O. The highest BCUT2D eigenvalue weighted by Crippen LogP contribution is 2.21. The van der Waals surface area contributed by atoms with Crippen LogP contribution in [0.25, 0.3) is 17.0 Å². The molecule has 0 spiro atoms. The lowest BCUT2D eigenvalue weighted by Crippen LogP contribution is -2.27. The van der Waals surface area contributed by atoms with E-state index in [9.17, 15) is 14.4 Å². The number of carbonyl (C=O) groups is 2. The number of esters is 1. The predicted octanol–water partition coefficient (Wildman–Crippen LogP) is 4.28. The zero-order valence-electron chi connectivity index (χ0n) is 17.1. The summed E-state index contributed by atoms with van der Waals surface area (Å²) in [5.74, 6) is -0.363. The minimum atomic E-state index is -0.748. The molecule has 1 N–H and O–H groups in total. The third-order valence-electron chi connectivity index (χ3n) is 4.52. The standard InChI is InChI=1S/C24H23NO5/c1-4-25-23(27)20-13-18-10-11-19(14-21(18)30-24(20)28)29-22(26)12-7-16-5-8-17(9-6-16)15(2)3/h5-15H,4H2,1-3H3,(H,25,27)/b12-7+. The Labute approximate surface area is 174 Å². The molecule has 1 aromatic heterocycles. The summed E-state index contributed by atoms with van der Waals surface area (Å²) in [5, 5.41) is 3.12. The molecule has 0 atom stereocenters. The number of nitrogens with one attached hydrogen (secondary N) is 1. The van der Waals surface area contributed by atoms with E-state index in [1.54, 1.807) is 25.1 Å². The number of ether oxygens (including phenoxy) is 1. The van der Waals surface area contributed by atoms with Gasteiger partial charge in [-0.05, 0) is 48.2 Å². The molecule has 0 saturated heterocycles. The lowest BCUT2D eigenvalue weighted by molar-refractivity contribution is -0.128. The summed E-state index contributed by atoms with van der Waals surface area (Å²) in [4.78, 5) is 36.1. The van der Waals surface area contributed by atoms with E-state index in [2.05, 4.69) is 19.2 Å². The van der Waals surface area contributed by atoms with E-state index in [4.69, 9.17) is 9.15 Å². The quantitative estimate of drug-likeness (QED) is 0.286. The summed E-state index contributed by atoms with van der Waals surface area (Å²) in [7, 11) is 0. The van der Waals surface area contributed by atoms with E-state index in [1.165, 1.54) is 23.8 Å². The Hall–Kier alpha value is -3.67. The van der Waals surface area contributed by atoms with Crippen LogP contribution in [-0.4, -0.2) is 18.4 Å². The van der Waals surface area contributed by atoms with E-state index < -0.39 is 17.5 Å². The van der Waals surface area contributed by atoms with Gasteiger partial charge in [-0.2, -0.15) is 0 Å². The first kappa shape index (κ1) is 21.0. The zero-order chi connectivity index (χ0) is 21.7. The second kappa shape index (κ2) is 9.22. The number of amides is 1. The van der Waals surface area contributed by atoms with Gasteiger partial charge in [0, 0.05) is 24.1 Å². The first-order valence-electron chi connectivity index (χ1n) is 9.73. The molecule has 0 saturated carbocycles. The van der Waals surface area contributed by atoms with Crippen LogP contribution in [0.3, 0.4) is 0 Å². The maximum atomic E-state index is 12.1. The van der Waals surface area contributed by atoms with Crippen molar-refractivity contribution in [2.45, 2.75) is 26.7 Å². The van der Waals surface area contributed by atoms with E-state index >= 15 is 0 Å². The zero-order valence-corrected chi connectivity index (χ0v) is 17.1. The van der Waals surface area contributed by atoms with Crippen LogP contribution in [0.2, 0.25) is 0 Å². The number of fused-ring (bicyclic) bond motifs is 1. The monoisotopic (exact) mass is 405 g/mol. The van der Waals surface area contributed by atoms with Gasteiger partial charge in [0.1, 0.15) is 16.9 Å². The first-order chi connectivity index (χ1) is 14.4. The van der Waals surface area contributed by atoms with Crippen LogP contribution in [0.5, 0.6) is 5.75 Å². The van der Waals surface area contributed by atoms with Crippen LogP contribution in [-0.2, 0) is 4.79 Å². The van der Waals surface area contributed by atoms with Crippen molar-refractivity contribution in [3.63, 3.8) is 0 Å². The molecule has 0 aliphatic rings. The molecular weight excluding hydrogens is 382 g/mol. The summed E-state index contributed by atoms with van der Waals surface area (Å²) < 4.78 is 10.5. The molecule has 3 aromatic rings. The molecule has 0 aliphatic carbocycles. The molecule has 0 aliphatic heterocycles. The minimum Gasteiger partial charge on any atom is -0.423 e. The normalized spacial score (nSPS) is 11.2. The maximum absolute atomic E-state index is 12.1. The molecule has 6 heteroatoms. The Balaban J connectivity index is 1.73. The van der Waals surface area contributed by atoms with Gasteiger partial charge in [-0.15, -0.1) is 0 Å². The molecule has 0 fully saturated rings. The van der Waals surface area contributed by atoms with E-state index in [-0.39, 0.29) is 16.9 Å². The van der Waals surface area contributed by atoms with Crippen molar-refractivity contribution in [2.75, 3.05) is 6.54 Å². The molecule has 0 unspecified atom stereocenters. The van der Waals surface area contributed by atoms with Crippen molar-refractivity contribution in [2.24, 2.45) is 0 Å². The lowest BCUT2D eigenvalue weighted by atomic mass is 10.0. The molecule has 0 bridgehead atoms. The fourth-order valence-electron chi connectivity index (χ4n) is 2.88. The minimum absolute atomic E-state index is 0.0690. The maximum Gasteiger partial charge on any atom is 0.349 e. The van der Waals surface area contributed by atoms with E-state index in [0.717, 1.165) is 5.56 Å². The van der Waals surface area contributed by atoms with Crippen LogP contribution in [0.4, 0.5) is 0 Å². The number of carbonyl (C=O) groups excluding carboxylic acids is 2. The highest BCUT2D eigenvalue weighted by molar-refractivity contribution is 5.97. The molecule has 3 rings (SSSR count). The second-order valence-corrected chi connectivity index (χ2v) is 7.08. The highest BCUT2D eigenvalue weighted by atomic mass is 16.5. The molecule has 6 nitrogen and oxygen atoms in total. The van der Waals surface area contributed by atoms with Gasteiger partial charge < -0.3 is 14.5 Å². The fraction of sp³-hybridized carbons (Fsp3) is 0.208. The molecule has 154 valence electrons. The molecular formula is C24H23NO5. The van der Waals surface area contributed by atoms with Crippen molar-refractivity contribution < 1.29 is 18.7 Å². The Morgan fingerprint density at radius 2 is 1.83 bits per heavy atom. The molecule has 30 heavy (non-hydrogen) atoms. The Bertz CT molecular complexity index is 1160. The number of hydrogen-bond acceptors (Lipinski definition) is 5. The van der Waals surface area contributed by atoms with Gasteiger partial charge in [-0.1, -0.05) is 38.1 Å². The Morgan fingerprint density at radius 1 is 1.10 bits per heavy atom. The van der Waals surface area contributed by atoms with Crippen molar-refractivity contribution in [1.29, 1.82) is 0 Å². The third-order valence-corrected chi connectivity index (χ3v) is 4.52. The first-order valence-corrected chi connectivity index (χ1v) is 9.73. The summed E-state index contributed by atoms with van der Waals surface area (Å²) >= 11 is 0. The summed E-state index contributed by atoms with van der Waals surface area (Å²) in [6.45, 7) is 6.40. The number of benzene rings is 2. The fourth-order valence-corrected chi connectivity index (χ4v) is 2.88. The Kier molecular flexibility index (Phi) is 6.47. The Morgan fingerprint density at radius 3 is 2.50 bits per heavy atom. The number of hydrogen-bond donors (Lipinski definition) is 1. The largest absolute Gasteiger partial charge is 0.423 e. The van der Waals surface area contributed by atoms with Gasteiger partial charge in [0.2, 0.25) is 0 Å². The lowest BCUT2D eigenvalue weighted by Gasteiger charge is -2.05. The van der Waals surface area contributed by atoms with Crippen LogP contribution < -0.4 is 15.7 Å². The van der Waals surface area contributed by atoms with Gasteiger partial charge in [-0.25, -0.2) is 9.59 Å². The van der Waals surface area contributed by atoms with Gasteiger partial charge in [0.25, 0.3) is 5.91 Å². The average Bonchev–Trinajstić information content (AvgIpc) is 2.72. The van der Waals surface area contributed by atoms with Gasteiger partial charge in [0.15, 0.2) is 0 Å².